The van der Waals surface area contributed by atoms with Crippen LogP contribution in [-0.4, -0.2) is 31.1 Å². The third kappa shape index (κ3) is 4.91. The number of nitrogens with one attached hydrogen (secondary N) is 1. The van der Waals surface area contributed by atoms with Crippen LogP contribution in [-0.2, 0) is 0 Å². The number of hydrogen-bond acceptors (Lipinski definition) is 4. The lowest BCUT2D eigenvalue weighted by Crippen LogP contribution is -2.24. The summed E-state index contributed by atoms with van der Waals surface area (Å²) < 4.78 is 5.13. The van der Waals surface area contributed by atoms with E-state index in [1.54, 1.807) is 19.2 Å². The SMILES string of the molecule is COc1cccc(C(=O)CCNCC(O)c2cc(C)ccc2C)c1. The number of aryl methyl sites for hydroxylation is 2. The monoisotopic (exact) mass is 327 g/mol. The van der Waals surface area contributed by atoms with Gasteiger partial charge in [0.15, 0.2) is 5.78 Å². The first-order chi connectivity index (χ1) is 11.5. The van der Waals surface area contributed by atoms with Crippen molar-refractivity contribution < 1.29 is 14.6 Å². The van der Waals surface area contributed by atoms with Crippen LogP contribution in [0.4, 0.5) is 0 Å². The third-order valence-electron chi connectivity index (χ3n) is 4.05. The standard InChI is InChI=1S/C20H25NO3/c1-14-7-8-15(2)18(11-14)20(23)13-21-10-9-19(22)16-5-4-6-17(12-16)24-3/h4-8,11-12,20-21,23H,9-10,13H2,1-3H3. The molecular weight excluding hydrogens is 302 g/mol. The molecule has 2 rings (SSSR count). The molecule has 0 aromatic heterocycles. The molecule has 2 aromatic rings. The van der Waals surface area contributed by atoms with Gasteiger partial charge in [-0.15, -0.1) is 0 Å². The number of aliphatic hydroxyl groups excluding tert-OH is 1. The molecule has 2 N–H and O–H groups in total. The van der Waals surface area contributed by atoms with Crippen molar-refractivity contribution in [3.05, 3.63) is 64.7 Å². The van der Waals surface area contributed by atoms with Crippen molar-refractivity contribution in [2.45, 2.75) is 26.4 Å². The molecule has 24 heavy (non-hydrogen) atoms. The highest BCUT2D eigenvalue weighted by molar-refractivity contribution is 5.96. The molecule has 4 heteroatoms. The highest BCUT2D eigenvalue weighted by Crippen LogP contribution is 2.18. The minimum atomic E-state index is -0.572. The summed E-state index contributed by atoms with van der Waals surface area (Å²) in [7, 11) is 1.58. The van der Waals surface area contributed by atoms with E-state index >= 15 is 0 Å². The predicted molar refractivity (Wildman–Crippen MR) is 95.7 cm³/mol. The topological polar surface area (TPSA) is 58.6 Å². The van der Waals surface area contributed by atoms with Gasteiger partial charge in [-0.1, -0.05) is 35.9 Å². The summed E-state index contributed by atoms with van der Waals surface area (Å²) in [6.45, 7) is 4.95. The first-order valence-electron chi connectivity index (χ1n) is 8.14. The van der Waals surface area contributed by atoms with Gasteiger partial charge >= 0.3 is 0 Å². The highest BCUT2D eigenvalue weighted by Gasteiger charge is 2.11. The van der Waals surface area contributed by atoms with Gasteiger partial charge in [-0.25, -0.2) is 0 Å². The summed E-state index contributed by atoms with van der Waals surface area (Å²) >= 11 is 0. The fourth-order valence-corrected chi connectivity index (χ4v) is 2.61. The normalized spacial score (nSPS) is 12.0. The van der Waals surface area contributed by atoms with Gasteiger partial charge in [0.05, 0.1) is 13.2 Å². The first-order valence-corrected chi connectivity index (χ1v) is 8.14. The fraction of sp³-hybridized carbons (Fsp3) is 0.350. The molecule has 4 nitrogen and oxygen atoms in total. The molecule has 0 spiro atoms. The Morgan fingerprint density at radius 1 is 1.21 bits per heavy atom. The maximum absolute atomic E-state index is 12.2. The molecule has 1 atom stereocenters. The van der Waals surface area contributed by atoms with Gasteiger partial charge in [-0.3, -0.25) is 4.79 Å². The van der Waals surface area contributed by atoms with Crippen molar-refractivity contribution in [2.24, 2.45) is 0 Å². The number of Topliss-reactive ketones (excluding diaryl/α,β-unsaturated/α-hetero) is 1. The lowest BCUT2D eigenvalue weighted by molar-refractivity contribution is 0.0979. The van der Waals surface area contributed by atoms with Crippen molar-refractivity contribution in [1.82, 2.24) is 5.32 Å². The number of hydrogen-bond donors (Lipinski definition) is 2. The fourth-order valence-electron chi connectivity index (χ4n) is 2.61. The molecule has 0 radical (unpaired) electrons. The van der Waals surface area contributed by atoms with Crippen LogP contribution >= 0.6 is 0 Å². The second kappa shape index (κ2) is 8.62. The van der Waals surface area contributed by atoms with E-state index in [0.29, 0.717) is 30.8 Å². The Morgan fingerprint density at radius 2 is 2.00 bits per heavy atom. The number of benzene rings is 2. The summed E-state index contributed by atoms with van der Waals surface area (Å²) in [6, 6.07) is 13.2. The Kier molecular flexibility index (Phi) is 6.53. The molecule has 0 saturated carbocycles. The van der Waals surface area contributed by atoms with Crippen LogP contribution < -0.4 is 10.1 Å². The number of rotatable bonds is 8. The number of ketones is 1. The van der Waals surface area contributed by atoms with Gasteiger partial charge in [-0.2, -0.15) is 0 Å². The maximum atomic E-state index is 12.2. The third-order valence-corrected chi connectivity index (χ3v) is 4.05. The van der Waals surface area contributed by atoms with E-state index < -0.39 is 6.10 Å². The molecule has 0 bridgehead atoms. The van der Waals surface area contributed by atoms with Gasteiger partial charge in [0, 0.05) is 25.1 Å². The van der Waals surface area contributed by atoms with Crippen LogP contribution in [0.2, 0.25) is 0 Å². The zero-order valence-electron chi connectivity index (χ0n) is 14.5. The van der Waals surface area contributed by atoms with Gasteiger partial charge in [0.25, 0.3) is 0 Å². The second-order valence-corrected chi connectivity index (χ2v) is 5.99. The average molecular weight is 327 g/mol. The summed E-state index contributed by atoms with van der Waals surface area (Å²) in [4.78, 5) is 12.2. The van der Waals surface area contributed by atoms with Crippen molar-refractivity contribution >= 4 is 5.78 Å². The van der Waals surface area contributed by atoms with Gasteiger partial charge in [0.1, 0.15) is 5.75 Å². The second-order valence-electron chi connectivity index (χ2n) is 5.99. The molecule has 2 aromatic carbocycles. The number of carbonyl (C=O) groups is 1. The van der Waals surface area contributed by atoms with Crippen LogP contribution in [0.15, 0.2) is 42.5 Å². The van der Waals surface area contributed by atoms with E-state index in [-0.39, 0.29) is 5.78 Å². The van der Waals surface area contributed by atoms with Gasteiger partial charge < -0.3 is 15.2 Å². The maximum Gasteiger partial charge on any atom is 0.164 e. The van der Waals surface area contributed by atoms with E-state index in [0.717, 1.165) is 16.7 Å². The Morgan fingerprint density at radius 3 is 2.75 bits per heavy atom. The number of ether oxygens (including phenoxy) is 1. The molecule has 0 fully saturated rings. The molecule has 0 aliphatic rings. The van der Waals surface area contributed by atoms with Crippen LogP contribution in [0, 0.1) is 13.8 Å². The minimum absolute atomic E-state index is 0.0580. The molecule has 128 valence electrons. The largest absolute Gasteiger partial charge is 0.497 e. The lowest BCUT2D eigenvalue weighted by Gasteiger charge is -2.15. The van der Waals surface area contributed by atoms with Crippen LogP contribution in [0.25, 0.3) is 0 Å². The number of methoxy groups -OCH3 is 1. The van der Waals surface area contributed by atoms with Crippen molar-refractivity contribution in [2.75, 3.05) is 20.2 Å². The summed E-state index contributed by atoms with van der Waals surface area (Å²) in [5, 5.41) is 13.5. The lowest BCUT2D eigenvalue weighted by atomic mass is 10.0. The van der Waals surface area contributed by atoms with E-state index in [2.05, 4.69) is 5.32 Å². The Labute approximate surface area is 143 Å². The van der Waals surface area contributed by atoms with E-state index in [9.17, 15) is 9.90 Å². The number of carbonyl (C=O) groups excluding carboxylic acids is 1. The van der Waals surface area contributed by atoms with Crippen molar-refractivity contribution in [3.8, 4) is 5.75 Å². The average Bonchev–Trinajstić information content (AvgIpc) is 2.60. The molecule has 1 unspecified atom stereocenters. The highest BCUT2D eigenvalue weighted by atomic mass is 16.5. The molecular formula is C20H25NO3. The Balaban J connectivity index is 1.81. The van der Waals surface area contributed by atoms with E-state index in [1.807, 2.05) is 44.2 Å². The number of aliphatic hydroxyl groups is 1. The summed E-state index contributed by atoms with van der Waals surface area (Å²) in [5.74, 6) is 0.738. The first kappa shape index (κ1) is 18.2. The van der Waals surface area contributed by atoms with Crippen LogP contribution in [0.3, 0.4) is 0 Å². The molecule has 0 amide bonds. The zero-order chi connectivity index (χ0) is 17.5. The quantitative estimate of drug-likeness (QED) is 0.577. The summed E-state index contributed by atoms with van der Waals surface area (Å²) in [6.07, 6.45) is -0.191. The summed E-state index contributed by atoms with van der Waals surface area (Å²) in [5.41, 5.74) is 3.78. The van der Waals surface area contributed by atoms with Crippen LogP contribution in [0.1, 0.15) is 39.6 Å². The smallest absolute Gasteiger partial charge is 0.164 e. The Hall–Kier alpha value is -2.17. The van der Waals surface area contributed by atoms with Gasteiger partial charge in [0.2, 0.25) is 0 Å². The van der Waals surface area contributed by atoms with E-state index in [4.69, 9.17) is 4.74 Å². The molecule has 0 heterocycles. The Bertz CT molecular complexity index is 697. The van der Waals surface area contributed by atoms with Crippen molar-refractivity contribution in [3.63, 3.8) is 0 Å². The van der Waals surface area contributed by atoms with Crippen molar-refractivity contribution in [1.29, 1.82) is 0 Å². The molecule has 0 aliphatic carbocycles. The van der Waals surface area contributed by atoms with Crippen LogP contribution in [0.5, 0.6) is 5.75 Å². The molecule has 0 aliphatic heterocycles. The van der Waals surface area contributed by atoms with E-state index in [1.165, 1.54) is 0 Å². The predicted octanol–water partition coefficient (Wildman–Crippen LogP) is 3.21. The zero-order valence-corrected chi connectivity index (χ0v) is 14.5. The molecule has 0 saturated heterocycles. The van der Waals surface area contributed by atoms with Gasteiger partial charge in [-0.05, 0) is 37.1 Å². The minimum Gasteiger partial charge on any atom is -0.497 e.